The van der Waals surface area contributed by atoms with Gasteiger partial charge in [0, 0.05) is 35.1 Å². The highest BCUT2D eigenvalue weighted by atomic mass is 16.5. The first-order valence-electron chi connectivity index (χ1n) is 12.0. The van der Waals surface area contributed by atoms with Gasteiger partial charge in [0.2, 0.25) is 5.91 Å². The third-order valence-corrected chi connectivity index (χ3v) is 7.31. The molecule has 2 saturated carbocycles. The summed E-state index contributed by atoms with van der Waals surface area (Å²) in [7, 11) is 0. The molecule has 3 aromatic rings. The van der Waals surface area contributed by atoms with Crippen LogP contribution in [-0.2, 0) is 16.0 Å². The van der Waals surface area contributed by atoms with Crippen LogP contribution < -0.4 is 11.1 Å². The fourth-order valence-electron chi connectivity index (χ4n) is 5.01. The number of amides is 1. The zero-order valence-corrected chi connectivity index (χ0v) is 18.8. The summed E-state index contributed by atoms with van der Waals surface area (Å²) < 4.78 is 6.38. The first-order valence-corrected chi connectivity index (χ1v) is 12.0. The number of nitrogen functional groups attached to an aromatic ring is 1. The van der Waals surface area contributed by atoms with E-state index in [0.717, 1.165) is 59.7 Å². The molecule has 3 heterocycles. The fraction of sp³-hybridized carbons (Fsp3) is 0.423. The highest BCUT2D eigenvalue weighted by molar-refractivity contribution is 5.98. The summed E-state index contributed by atoms with van der Waals surface area (Å²) in [6, 6.07) is 5.93. The smallest absolute Gasteiger partial charge is 0.230 e. The van der Waals surface area contributed by atoms with Crippen LogP contribution in [0.15, 0.2) is 30.7 Å². The van der Waals surface area contributed by atoms with Gasteiger partial charge >= 0.3 is 0 Å². The van der Waals surface area contributed by atoms with Crippen LogP contribution in [0.2, 0.25) is 0 Å². The van der Waals surface area contributed by atoms with E-state index in [2.05, 4.69) is 26.3 Å². The third kappa shape index (κ3) is 3.76. The summed E-state index contributed by atoms with van der Waals surface area (Å²) in [6.45, 7) is 0. The molecule has 0 bridgehead atoms. The number of carbonyl (C=O) groups is 1. The van der Waals surface area contributed by atoms with Crippen LogP contribution in [0.4, 0.5) is 11.6 Å². The van der Waals surface area contributed by atoms with Crippen molar-refractivity contribution in [3.8, 4) is 17.3 Å². The molecule has 1 unspecified atom stereocenters. The van der Waals surface area contributed by atoms with Crippen molar-refractivity contribution in [3.05, 3.63) is 41.9 Å². The second-order valence-corrected chi connectivity index (χ2v) is 9.58. The summed E-state index contributed by atoms with van der Waals surface area (Å²) in [5.41, 5.74) is 10.4. The van der Waals surface area contributed by atoms with Crippen molar-refractivity contribution < 1.29 is 9.53 Å². The molecular weight excluding hydrogens is 428 g/mol. The Labute approximate surface area is 197 Å². The number of anilines is 2. The van der Waals surface area contributed by atoms with E-state index in [1.54, 1.807) is 6.20 Å². The van der Waals surface area contributed by atoms with Crippen LogP contribution in [0.25, 0.3) is 22.0 Å². The molecule has 2 fully saturated rings. The number of rotatable bonds is 5. The number of fused-ring (bicyclic) bond motifs is 2. The Balaban J connectivity index is 1.33. The molecule has 3 aromatic heterocycles. The molecule has 0 radical (unpaired) electrons. The number of nitriles is 1. The highest BCUT2D eigenvalue weighted by Gasteiger charge is 2.43. The van der Waals surface area contributed by atoms with E-state index in [9.17, 15) is 4.79 Å². The number of ether oxygens (including phenoxy) is 1. The monoisotopic (exact) mass is 454 g/mol. The van der Waals surface area contributed by atoms with Gasteiger partial charge in [0.25, 0.3) is 0 Å². The lowest BCUT2D eigenvalue weighted by Crippen LogP contribution is -2.26. The van der Waals surface area contributed by atoms with E-state index >= 15 is 0 Å². The Kier molecular flexibility index (Phi) is 5.15. The number of hydrogen-bond donors (Lipinski definition) is 2. The fourth-order valence-corrected chi connectivity index (χ4v) is 5.01. The number of nitrogens with two attached hydrogens (primary N) is 1. The van der Waals surface area contributed by atoms with Gasteiger partial charge in [0.05, 0.1) is 35.8 Å². The van der Waals surface area contributed by atoms with E-state index in [1.807, 2.05) is 24.5 Å². The minimum atomic E-state index is -0.252. The highest BCUT2D eigenvalue weighted by Crippen LogP contribution is 2.41. The van der Waals surface area contributed by atoms with Crippen molar-refractivity contribution in [3.63, 3.8) is 0 Å². The molecule has 3 atom stereocenters. The lowest BCUT2D eigenvalue weighted by Gasteiger charge is -2.34. The zero-order chi connectivity index (χ0) is 23.2. The van der Waals surface area contributed by atoms with Gasteiger partial charge in [0.1, 0.15) is 11.6 Å². The number of carbonyl (C=O) groups excluding carboxylic acids is 1. The quantitative estimate of drug-likeness (QED) is 0.588. The maximum atomic E-state index is 12.4. The van der Waals surface area contributed by atoms with Gasteiger partial charge in [-0.2, -0.15) is 5.26 Å². The predicted octanol–water partition coefficient (Wildman–Crippen LogP) is 4.32. The van der Waals surface area contributed by atoms with Crippen LogP contribution >= 0.6 is 0 Å². The number of aromatic nitrogens is 3. The van der Waals surface area contributed by atoms with E-state index in [4.69, 9.17) is 15.7 Å². The molecule has 0 aliphatic heterocycles. The van der Waals surface area contributed by atoms with Crippen molar-refractivity contribution in [2.75, 3.05) is 11.1 Å². The molecule has 0 aromatic carbocycles. The van der Waals surface area contributed by atoms with Gasteiger partial charge in [0.15, 0.2) is 0 Å². The predicted molar refractivity (Wildman–Crippen MR) is 127 cm³/mol. The van der Waals surface area contributed by atoms with Gasteiger partial charge in [-0.1, -0.05) is 0 Å². The first kappa shape index (κ1) is 21.0. The molecule has 6 rings (SSSR count). The van der Waals surface area contributed by atoms with Crippen molar-refractivity contribution in [1.29, 1.82) is 5.26 Å². The van der Waals surface area contributed by atoms with Crippen molar-refractivity contribution in [2.45, 2.75) is 57.2 Å². The average molecular weight is 455 g/mol. The largest absolute Gasteiger partial charge is 0.383 e. The second kappa shape index (κ2) is 8.33. The van der Waals surface area contributed by atoms with Crippen LogP contribution in [0.3, 0.4) is 0 Å². The minimum absolute atomic E-state index is 0.0879. The van der Waals surface area contributed by atoms with Crippen molar-refractivity contribution in [2.24, 2.45) is 11.8 Å². The molecule has 0 spiro atoms. The maximum Gasteiger partial charge on any atom is 0.230 e. The Morgan fingerprint density at radius 3 is 2.82 bits per heavy atom. The molecule has 172 valence electrons. The minimum Gasteiger partial charge on any atom is -0.383 e. The Bertz CT molecular complexity index is 1330. The Morgan fingerprint density at radius 2 is 2.06 bits per heavy atom. The molecule has 0 saturated heterocycles. The summed E-state index contributed by atoms with van der Waals surface area (Å²) >= 11 is 0. The molecule has 3 aliphatic carbocycles. The zero-order valence-electron chi connectivity index (χ0n) is 18.8. The van der Waals surface area contributed by atoms with Gasteiger partial charge < -0.3 is 15.8 Å². The number of pyridine rings is 3. The molecule has 1 amide bonds. The molecule has 34 heavy (non-hydrogen) atoms. The Morgan fingerprint density at radius 1 is 1.18 bits per heavy atom. The van der Waals surface area contributed by atoms with E-state index in [1.165, 1.54) is 12.0 Å². The van der Waals surface area contributed by atoms with Crippen molar-refractivity contribution >= 4 is 28.3 Å². The summed E-state index contributed by atoms with van der Waals surface area (Å²) in [5.74, 6) is 0.220. The third-order valence-electron chi connectivity index (χ3n) is 7.31. The van der Waals surface area contributed by atoms with Crippen LogP contribution in [0.1, 0.15) is 55.8 Å². The lowest BCUT2D eigenvalue weighted by atomic mass is 9.86. The van der Waals surface area contributed by atoms with Crippen LogP contribution in [0, 0.1) is 23.2 Å². The Hall–Kier alpha value is -3.57. The normalized spacial score (nSPS) is 23.6. The van der Waals surface area contributed by atoms with Gasteiger partial charge in [-0.15, -0.1) is 0 Å². The maximum absolute atomic E-state index is 12.4. The van der Waals surface area contributed by atoms with Crippen LogP contribution in [-0.4, -0.2) is 27.0 Å². The first-order chi connectivity index (χ1) is 16.6. The van der Waals surface area contributed by atoms with E-state index in [-0.39, 0.29) is 23.8 Å². The molecule has 3 aliphatic rings. The van der Waals surface area contributed by atoms with Crippen molar-refractivity contribution in [1.82, 2.24) is 15.0 Å². The standard InChI is InChI=1S/C26H26N6O2/c27-10-15-7-18(15)26(33)32-24-9-14-8-22(31-25(28)19(14)13-30-24)20-11-29-12-21-17(20)5-2-6-23(21)34-16-3-1-4-16/h8-9,11-13,15-16,18,23H,1-7H2,(H2,28,31)(H,30,32,33)/t15-,18+,23?/m0/s1. The lowest BCUT2D eigenvalue weighted by molar-refractivity contribution is -0.117. The van der Waals surface area contributed by atoms with Gasteiger partial charge in [-0.3, -0.25) is 9.78 Å². The summed E-state index contributed by atoms with van der Waals surface area (Å²) in [4.78, 5) is 25.9. The average Bonchev–Trinajstić information content (AvgIpc) is 3.61. The summed E-state index contributed by atoms with van der Waals surface area (Å²) in [6.07, 6.45) is 13.1. The van der Waals surface area contributed by atoms with Crippen LogP contribution in [0.5, 0.6) is 0 Å². The number of hydrogen-bond acceptors (Lipinski definition) is 7. The SMILES string of the molecule is N#C[C@@H]1C[C@H]1C(=O)Nc1cc2cc(-c3cncc4c3CCCC4OC3CCC3)nc(N)c2cn1. The topological polar surface area (TPSA) is 127 Å². The van der Waals surface area contributed by atoms with E-state index < -0.39 is 0 Å². The molecule has 8 nitrogen and oxygen atoms in total. The van der Waals surface area contributed by atoms with Gasteiger partial charge in [-0.25, -0.2) is 9.97 Å². The number of nitrogens with zero attached hydrogens (tertiary/aromatic N) is 4. The molecular formula is C26H26N6O2. The second-order valence-electron chi connectivity index (χ2n) is 9.58. The number of nitrogens with one attached hydrogen (secondary N) is 1. The van der Waals surface area contributed by atoms with E-state index in [0.29, 0.717) is 24.2 Å². The summed E-state index contributed by atoms with van der Waals surface area (Å²) in [5, 5.41) is 13.4. The van der Waals surface area contributed by atoms with Gasteiger partial charge in [-0.05, 0) is 68.0 Å². The molecule has 8 heteroatoms. The molecule has 3 N–H and O–H groups in total.